The van der Waals surface area contributed by atoms with Gasteiger partial charge in [-0.2, -0.15) is 4.31 Å². The Kier molecular flexibility index (Phi) is 5.15. The van der Waals surface area contributed by atoms with E-state index in [4.69, 9.17) is 0 Å². The van der Waals surface area contributed by atoms with Crippen LogP contribution in [-0.2, 0) is 10.0 Å². The van der Waals surface area contributed by atoms with Crippen molar-refractivity contribution in [2.45, 2.75) is 6.92 Å². The molecule has 5 rings (SSSR count). The van der Waals surface area contributed by atoms with Crippen molar-refractivity contribution >= 4 is 59.8 Å². The molecule has 0 unspecified atom stereocenters. The standard InChI is InChI=1S/C22H23N5O3S2/c1-14-11-15-12-16(3-4-17(15)24-14)25-18-5-6-23-19-13-20(31-21(18)19)22(28)26-7-9-27(10-8-26)32(2,29)30/h3-6,11-13,24H,7-10H2,1-2H3,(H,23,25). The van der Waals surface area contributed by atoms with Crippen molar-refractivity contribution in [3.63, 3.8) is 0 Å². The highest BCUT2D eigenvalue weighted by Gasteiger charge is 2.27. The SMILES string of the molecule is Cc1cc2cc(Nc3ccnc4cc(C(=O)N5CCN(S(C)(=O)=O)CC5)sc34)ccc2[nH]1. The van der Waals surface area contributed by atoms with Gasteiger partial charge in [0.15, 0.2) is 0 Å². The van der Waals surface area contributed by atoms with Gasteiger partial charge in [0.2, 0.25) is 10.0 Å². The second kappa shape index (κ2) is 7.88. The molecule has 3 aromatic heterocycles. The summed E-state index contributed by atoms with van der Waals surface area (Å²) in [5.74, 6) is -0.0867. The Bertz CT molecular complexity index is 1430. The van der Waals surface area contributed by atoms with Crippen LogP contribution in [0.3, 0.4) is 0 Å². The van der Waals surface area contributed by atoms with E-state index in [9.17, 15) is 13.2 Å². The summed E-state index contributed by atoms with van der Waals surface area (Å²) in [7, 11) is -3.23. The number of H-pyrrole nitrogens is 1. The van der Waals surface area contributed by atoms with Crippen LogP contribution in [0, 0.1) is 6.92 Å². The number of piperazine rings is 1. The lowest BCUT2D eigenvalue weighted by atomic mass is 10.2. The first-order valence-corrected chi connectivity index (χ1v) is 12.9. The molecule has 32 heavy (non-hydrogen) atoms. The fourth-order valence-electron chi connectivity index (χ4n) is 4.03. The maximum atomic E-state index is 13.1. The first-order valence-electron chi connectivity index (χ1n) is 10.3. The van der Waals surface area contributed by atoms with Gasteiger partial charge in [-0.25, -0.2) is 8.42 Å². The molecule has 1 aliphatic rings. The lowest BCUT2D eigenvalue weighted by Crippen LogP contribution is -2.50. The van der Waals surface area contributed by atoms with Gasteiger partial charge in [0.25, 0.3) is 5.91 Å². The number of nitrogens with one attached hydrogen (secondary N) is 2. The molecule has 0 spiro atoms. The van der Waals surface area contributed by atoms with E-state index in [1.165, 1.54) is 21.9 Å². The summed E-state index contributed by atoms with van der Waals surface area (Å²) in [5, 5.41) is 4.59. The zero-order chi connectivity index (χ0) is 22.5. The highest BCUT2D eigenvalue weighted by atomic mass is 32.2. The predicted molar refractivity (Wildman–Crippen MR) is 128 cm³/mol. The molecule has 1 fully saturated rings. The summed E-state index contributed by atoms with van der Waals surface area (Å²) in [6.45, 7) is 3.44. The van der Waals surface area contributed by atoms with E-state index < -0.39 is 10.0 Å². The molecule has 0 saturated carbocycles. The van der Waals surface area contributed by atoms with Crippen molar-refractivity contribution < 1.29 is 13.2 Å². The Labute approximate surface area is 189 Å². The Morgan fingerprint density at radius 1 is 1.12 bits per heavy atom. The van der Waals surface area contributed by atoms with E-state index in [-0.39, 0.29) is 5.91 Å². The normalized spacial score (nSPS) is 15.5. The number of fused-ring (bicyclic) bond motifs is 2. The molecule has 8 nitrogen and oxygen atoms in total. The largest absolute Gasteiger partial charge is 0.359 e. The minimum absolute atomic E-state index is 0.0867. The van der Waals surface area contributed by atoms with Crippen LogP contribution in [0.1, 0.15) is 15.4 Å². The van der Waals surface area contributed by atoms with Crippen molar-refractivity contribution in [3.05, 3.63) is 53.2 Å². The van der Waals surface area contributed by atoms with Crippen LogP contribution in [0.15, 0.2) is 42.6 Å². The van der Waals surface area contributed by atoms with Crippen LogP contribution in [0.2, 0.25) is 0 Å². The van der Waals surface area contributed by atoms with Gasteiger partial charge in [-0.1, -0.05) is 0 Å². The number of sulfonamides is 1. The molecule has 10 heteroatoms. The van der Waals surface area contributed by atoms with Crippen molar-refractivity contribution in [1.29, 1.82) is 0 Å². The number of anilines is 2. The Morgan fingerprint density at radius 3 is 2.66 bits per heavy atom. The molecule has 4 aromatic rings. The number of carbonyl (C=O) groups is 1. The first kappa shape index (κ1) is 20.9. The molecule has 2 N–H and O–H groups in total. The van der Waals surface area contributed by atoms with Crippen molar-refractivity contribution in [1.82, 2.24) is 19.2 Å². The second-order valence-corrected chi connectivity index (χ2v) is 11.1. The third-order valence-electron chi connectivity index (χ3n) is 5.65. The number of thiophene rings is 1. The highest BCUT2D eigenvalue weighted by Crippen LogP contribution is 2.34. The van der Waals surface area contributed by atoms with E-state index in [2.05, 4.69) is 27.4 Å². The Balaban J connectivity index is 1.38. The van der Waals surface area contributed by atoms with Crippen LogP contribution < -0.4 is 5.32 Å². The smallest absolute Gasteiger partial charge is 0.264 e. The second-order valence-electron chi connectivity index (χ2n) is 8.02. The molecule has 0 aliphatic carbocycles. The number of nitrogens with zero attached hydrogens (tertiary/aromatic N) is 3. The third-order valence-corrected chi connectivity index (χ3v) is 8.10. The molecule has 0 atom stereocenters. The van der Waals surface area contributed by atoms with E-state index in [1.807, 2.05) is 31.2 Å². The van der Waals surface area contributed by atoms with Gasteiger partial charge in [0.05, 0.1) is 27.0 Å². The minimum atomic E-state index is -3.23. The predicted octanol–water partition coefficient (Wildman–Crippen LogP) is 3.55. The average Bonchev–Trinajstić information content (AvgIpc) is 3.35. The quantitative estimate of drug-likeness (QED) is 0.476. The van der Waals surface area contributed by atoms with Gasteiger partial charge in [0.1, 0.15) is 0 Å². The number of aromatic nitrogens is 2. The van der Waals surface area contributed by atoms with Crippen molar-refractivity contribution in [2.24, 2.45) is 0 Å². The highest BCUT2D eigenvalue weighted by molar-refractivity contribution is 7.88. The average molecular weight is 470 g/mol. The Hall–Kier alpha value is -2.95. The van der Waals surface area contributed by atoms with E-state index >= 15 is 0 Å². The zero-order valence-corrected chi connectivity index (χ0v) is 19.4. The lowest BCUT2D eigenvalue weighted by molar-refractivity contribution is 0.0703. The number of aryl methyl sites for hydroxylation is 1. The van der Waals surface area contributed by atoms with Gasteiger partial charge in [-0.3, -0.25) is 9.78 Å². The summed E-state index contributed by atoms with van der Waals surface area (Å²) in [5.41, 5.74) is 4.82. The summed E-state index contributed by atoms with van der Waals surface area (Å²) in [6.07, 6.45) is 2.93. The third kappa shape index (κ3) is 3.96. The van der Waals surface area contributed by atoms with Gasteiger partial charge < -0.3 is 15.2 Å². The topological polar surface area (TPSA) is 98.4 Å². The summed E-state index contributed by atoms with van der Waals surface area (Å²) in [6, 6.07) is 12.0. The number of carbonyl (C=O) groups excluding carboxylic acids is 1. The fraction of sp³-hybridized carbons (Fsp3) is 0.273. The lowest BCUT2D eigenvalue weighted by Gasteiger charge is -2.32. The first-order chi connectivity index (χ1) is 15.3. The van der Waals surface area contributed by atoms with Crippen molar-refractivity contribution in [3.8, 4) is 0 Å². The number of benzene rings is 1. The molecule has 1 amide bonds. The number of aromatic amines is 1. The number of amides is 1. The van der Waals surface area contributed by atoms with Crippen LogP contribution in [-0.4, -0.2) is 65.9 Å². The molecule has 0 radical (unpaired) electrons. The number of pyridine rings is 1. The fourth-order valence-corrected chi connectivity index (χ4v) is 5.91. The molecule has 4 heterocycles. The van der Waals surface area contributed by atoms with Gasteiger partial charge in [0, 0.05) is 54.7 Å². The maximum Gasteiger partial charge on any atom is 0.264 e. The molecule has 1 saturated heterocycles. The molecular formula is C22H23N5O3S2. The minimum Gasteiger partial charge on any atom is -0.359 e. The molecule has 0 bridgehead atoms. The Morgan fingerprint density at radius 2 is 1.91 bits per heavy atom. The summed E-state index contributed by atoms with van der Waals surface area (Å²) >= 11 is 1.40. The molecule has 1 aliphatic heterocycles. The summed E-state index contributed by atoms with van der Waals surface area (Å²) in [4.78, 5) is 23.1. The molecule has 166 valence electrons. The van der Waals surface area contributed by atoms with Crippen LogP contribution >= 0.6 is 11.3 Å². The maximum absolute atomic E-state index is 13.1. The number of hydrogen-bond donors (Lipinski definition) is 2. The van der Waals surface area contributed by atoms with Crippen LogP contribution in [0.5, 0.6) is 0 Å². The van der Waals surface area contributed by atoms with Crippen LogP contribution in [0.25, 0.3) is 21.1 Å². The van der Waals surface area contributed by atoms with Gasteiger partial charge in [-0.05, 0) is 43.3 Å². The number of rotatable bonds is 4. The number of hydrogen-bond acceptors (Lipinski definition) is 6. The van der Waals surface area contributed by atoms with E-state index in [1.54, 1.807) is 11.1 Å². The summed E-state index contributed by atoms with van der Waals surface area (Å²) < 4.78 is 25.8. The van der Waals surface area contributed by atoms with Crippen LogP contribution in [0.4, 0.5) is 11.4 Å². The van der Waals surface area contributed by atoms with E-state index in [0.717, 1.165) is 38.2 Å². The van der Waals surface area contributed by atoms with Gasteiger partial charge in [-0.15, -0.1) is 11.3 Å². The monoisotopic (exact) mass is 469 g/mol. The zero-order valence-electron chi connectivity index (χ0n) is 17.8. The molecular weight excluding hydrogens is 446 g/mol. The van der Waals surface area contributed by atoms with Gasteiger partial charge >= 0.3 is 0 Å². The van der Waals surface area contributed by atoms with Crippen molar-refractivity contribution in [2.75, 3.05) is 37.8 Å². The van der Waals surface area contributed by atoms with E-state index in [0.29, 0.717) is 31.1 Å². The molecule has 1 aromatic carbocycles.